The topological polar surface area (TPSA) is 54.3 Å². The summed E-state index contributed by atoms with van der Waals surface area (Å²) in [5.74, 6) is -1.32. The number of carbonyl (C=O) groups excluding carboxylic acids is 1. The summed E-state index contributed by atoms with van der Waals surface area (Å²) >= 11 is 0. The second-order valence-corrected chi connectivity index (χ2v) is 6.68. The fourth-order valence-corrected chi connectivity index (χ4v) is 3.21. The van der Waals surface area contributed by atoms with Crippen molar-refractivity contribution in [1.29, 1.82) is 0 Å². The van der Waals surface area contributed by atoms with E-state index in [4.69, 9.17) is 0 Å². The van der Waals surface area contributed by atoms with Gasteiger partial charge in [0.25, 0.3) is 0 Å². The third kappa shape index (κ3) is 4.28. The van der Waals surface area contributed by atoms with Crippen LogP contribution in [0.25, 0.3) is 0 Å². The van der Waals surface area contributed by atoms with Crippen LogP contribution in [-0.2, 0) is 13.5 Å². The molecule has 1 saturated heterocycles. The lowest BCUT2D eigenvalue weighted by Crippen LogP contribution is -2.41. The Hall–Kier alpha value is -2.70. The maximum absolute atomic E-state index is 13.3. The van der Waals surface area contributed by atoms with Crippen LogP contribution in [-0.4, -0.2) is 28.6 Å². The van der Waals surface area contributed by atoms with E-state index in [-0.39, 0.29) is 11.6 Å². The zero-order valence-corrected chi connectivity index (χ0v) is 14.5. The van der Waals surface area contributed by atoms with Crippen LogP contribution in [0.15, 0.2) is 41.3 Å². The Bertz CT molecular complexity index is 858. The molecule has 1 aromatic carbocycles. The van der Waals surface area contributed by atoms with E-state index in [2.05, 4.69) is 5.32 Å². The van der Waals surface area contributed by atoms with Crippen molar-refractivity contribution in [3.05, 3.63) is 64.1 Å². The third-order valence-electron chi connectivity index (χ3n) is 4.75. The van der Waals surface area contributed by atoms with Gasteiger partial charge in [0.05, 0.1) is 5.69 Å². The molecule has 1 N–H and O–H groups in total. The van der Waals surface area contributed by atoms with Crippen LogP contribution in [0.4, 0.5) is 19.3 Å². The van der Waals surface area contributed by atoms with Gasteiger partial charge >= 0.3 is 6.03 Å². The summed E-state index contributed by atoms with van der Waals surface area (Å²) in [5.41, 5.74) is 1.21. The van der Waals surface area contributed by atoms with E-state index in [9.17, 15) is 18.4 Å². The summed E-state index contributed by atoms with van der Waals surface area (Å²) in [6, 6.07) is 6.79. The normalized spacial score (nSPS) is 15.1. The molecule has 5 nitrogen and oxygen atoms in total. The van der Waals surface area contributed by atoms with Gasteiger partial charge in [0, 0.05) is 32.4 Å². The van der Waals surface area contributed by atoms with E-state index in [1.165, 1.54) is 16.7 Å². The fraction of sp³-hybridized carbons (Fsp3) is 0.368. The van der Waals surface area contributed by atoms with Crippen LogP contribution in [0.5, 0.6) is 0 Å². The van der Waals surface area contributed by atoms with Crippen molar-refractivity contribution in [1.82, 2.24) is 9.47 Å². The molecule has 0 unspecified atom stereocenters. The molecule has 1 fully saturated rings. The number of carbonyl (C=O) groups is 1. The van der Waals surface area contributed by atoms with Gasteiger partial charge in [0.15, 0.2) is 11.6 Å². The minimum Gasteiger partial charge on any atom is -0.325 e. The van der Waals surface area contributed by atoms with E-state index in [0.717, 1.165) is 24.5 Å². The zero-order valence-electron chi connectivity index (χ0n) is 14.5. The summed E-state index contributed by atoms with van der Waals surface area (Å²) in [5, 5.41) is 2.79. The SMILES string of the molecule is Cn1cc(NC(=O)N2CCC(Cc3ccc(F)c(F)c3)CC2)ccc1=O. The van der Waals surface area contributed by atoms with Crippen molar-refractivity contribution in [2.45, 2.75) is 19.3 Å². The number of nitrogens with zero attached hydrogens (tertiary/aromatic N) is 2. The van der Waals surface area contributed by atoms with Crippen LogP contribution in [0.2, 0.25) is 0 Å². The molecule has 1 aliphatic heterocycles. The van der Waals surface area contributed by atoms with E-state index >= 15 is 0 Å². The predicted molar refractivity (Wildman–Crippen MR) is 95.1 cm³/mol. The molecule has 0 atom stereocenters. The van der Waals surface area contributed by atoms with Crippen molar-refractivity contribution in [3.63, 3.8) is 0 Å². The molecule has 0 aliphatic carbocycles. The number of urea groups is 1. The van der Waals surface area contributed by atoms with Gasteiger partial charge in [0.2, 0.25) is 5.56 Å². The molecule has 26 heavy (non-hydrogen) atoms. The standard InChI is InChI=1S/C19H21F2N3O2/c1-23-12-15(3-5-18(23)25)22-19(26)24-8-6-13(7-9-24)10-14-2-4-16(20)17(21)11-14/h2-5,11-13H,6-10H2,1H3,(H,22,26). The van der Waals surface area contributed by atoms with Crippen molar-refractivity contribution >= 4 is 11.7 Å². The number of piperidine rings is 1. The molecular formula is C19H21F2N3O2. The number of likely N-dealkylation sites (tertiary alicyclic amines) is 1. The monoisotopic (exact) mass is 361 g/mol. The second-order valence-electron chi connectivity index (χ2n) is 6.68. The Morgan fingerprint density at radius 1 is 1.15 bits per heavy atom. The van der Waals surface area contributed by atoms with Gasteiger partial charge in [-0.2, -0.15) is 0 Å². The van der Waals surface area contributed by atoms with Gasteiger partial charge in [-0.25, -0.2) is 13.6 Å². The Balaban J connectivity index is 1.52. The molecule has 0 radical (unpaired) electrons. The van der Waals surface area contributed by atoms with Gasteiger partial charge in [-0.15, -0.1) is 0 Å². The number of amides is 2. The molecule has 138 valence electrons. The summed E-state index contributed by atoms with van der Waals surface area (Å²) < 4.78 is 27.7. The maximum atomic E-state index is 13.3. The third-order valence-corrected chi connectivity index (χ3v) is 4.75. The molecule has 0 saturated carbocycles. The zero-order chi connectivity index (χ0) is 18.7. The lowest BCUT2D eigenvalue weighted by atomic mass is 9.90. The molecule has 2 aromatic rings. The molecule has 1 aliphatic rings. The molecule has 2 amide bonds. The van der Waals surface area contributed by atoms with E-state index in [1.54, 1.807) is 30.3 Å². The largest absolute Gasteiger partial charge is 0.325 e. The van der Waals surface area contributed by atoms with Crippen LogP contribution in [0, 0.1) is 17.6 Å². The second kappa shape index (κ2) is 7.68. The fourth-order valence-electron chi connectivity index (χ4n) is 3.21. The van der Waals surface area contributed by atoms with Crippen LogP contribution < -0.4 is 10.9 Å². The molecule has 7 heteroatoms. The average molecular weight is 361 g/mol. The summed E-state index contributed by atoms with van der Waals surface area (Å²) in [7, 11) is 1.63. The molecule has 3 rings (SSSR count). The van der Waals surface area contributed by atoms with Crippen LogP contribution in [0.1, 0.15) is 18.4 Å². The number of hydrogen-bond acceptors (Lipinski definition) is 2. The Morgan fingerprint density at radius 2 is 1.88 bits per heavy atom. The maximum Gasteiger partial charge on any atom is 0.321 e. The highest BCUT2D eigenvalue weighted by molar-refractivity contribution is 5.89. The van der Waals surface area contributed by atoms with Crippen LogP contribution >= 0.6 is 0 Å². The number of aryl methyl sites for hydroxylation is 1. The first-order chi connectivity index (χ1) is 12.4. The van der Waals surface area contributed by atoms with E-state index in [0.29, 0.717) is 31.1 Å². The lowest BCUT2D eigenvalue weighted by Gasteiger charge is -2.32. The first kappa shape index (κ1) is 18.1. The summed E-state index contributed by atoms with van der Waals surface area (Å²) in [6.07, 6.45) is 3.86. The Kier molecular flexibility index (Phi) is 5.35. The van der Waals surface area contributed by atoms with E-state index in [1.807, 2.05) is 0 Å². The Labute approximate surface area is 150 Å². The molecule has 0 bridgehead atoms. The van der Waals surface area contributed by atoms with Crippen molar-refractivity contribution in [3.8, 4) is 0 Å². The number of hydrogen-bond donors (Lipinski definition) is 1. The summed E-state index contributed by atoms with van der Waals surface area (Å²) in [4.78, 5) is 25.5. The van der Waals surface area contributed by atoms with Gasteiger partial charge < -0.3 is 14.8 Å². The van der Waals surface area contributed by atoms with Crippen LogP contribution in [0.3, 0.4) is 0 Å². The molecular weight excluding hydrogens is 340 g/mol. The number of benzene rings is 1. The highest BCUT2D eigenvalue weighted by Gasteiger charge is 2.23. The van der Waals surface area contributed by atoms with Gasteiger partial charge in [-0.05, 0) is 48.9 Å². The highest BCUT2D eigenvalue weighted by Crippen LogP contribution is 2.23. The first-order valence-corrected chi connectivity index (χ1v) is 8.59. The van der Waals surface area contributed by atoms with Gasteiger partial charge in [-0.3, -0.25) is 4.79 Å². The first-order valence-electron chi connectivity index (χ1n) is 8.59. The number of rotatable bonds is 3. The molecule has 2 heterocycles. The lowest BCUT2D eigenvalue weighted by molar-refractivity contribution is 0.182. The highest BCUT2D eigenvalue weighted by atomic mass is 19.2. The molecule has 1 aromatic heterocycles. The van der Waals surface area contributed by atoms with Crippen molar-refractivity contribution < 1.29 is 13.6 Å². The smallest absolute Gasteiger partial charge is 0.321 e. The quantitative estimate of drug-likeness (QED) is 0.913. The minimum absolute atomic E-state index is 0.138. The Morgan fingerprint density at radius 3 is 2.54 bits per heavy atom. The number of halogens is 2. The number of nitrogens with one attached hydrogen (secondary N) is 1. The predicted octanol–water partition coefficient (Wildman–Crippen LogP) is 3.15. The van der Waals surface area contributed by atoms with E-state index < -0.39 is 11.6 Å². The number of aromatic nitrogens is 1. The van der Waals surface area contributed by atoms with Crippen molar-refractivity contribution in [2.24, 2.45) is 13.0 Å². The summed E-state index contributed by atoms with van der Waals surface area (Å²) in [6.45, 7) is 1.21. The average Bonchev–Trinajstić information content (AvgIpc) is 2.62. The van der Waals surface area contributed by atoms with Gasteiger partial charge in [-0.1, -0.05) is 6.07 Å². The number of anilines is 1. The van der Waals surface area contributed by atoms with Crippen molar-refractivity contribution in [2.75, 3.05) is 18.4 Å². The minimum atomic E-state index is -0.835. The molecule has 0 spiro atoms. The van der Waals surface area contributed by atoms with Gasteiger partial charge in [0.1, 0.15) is 0 Å². The number of pyridine rings is 1.